The Bertz CT molecular complexity index is 930. The summed E-state index contributed by atoms with van der Waals surface area (Å²) in [5.41, 5.74) is 0.113. The molecule has 2 aromatic carbocycles. The van der Waals surface area contributed by atoms with Crippen LogP contribution in [0.3, 0.4) is 0 Å². The predicted molar refractivity (Wildman–Crippen MR) is 93.0 cm³/mol. The first kappa shape index (κ1) is 17.9. The predicted octanol–water partition coefficient (Wildman–Crippen LogP) is 4.38. The van der Waals surface area contributed by atoms with Crippen LogP contribution < -0.4 is 4.90 Å². The van der Waals surface area contributed by atoms with E-state index in [2.05, 4.69) is 0 Å². The van der Waals surface area contributed by atoms with Crippen molar-refractivity contribution in [3.63, 3.8) is 0 Å². The van der Waals surface area contributed by atoms with Gasteiger partial charge in [-0.05, 0) is 29.8 Å². The highest BCUT2D eigenvalue weighted by atomic mass is 32.2. The van der Waals surface area contributed by atoms with Gasteiger partial charge < -0.3 is 4.74 Å². The Hall–Kier alpha value is -2.48. The maximum atomic E-state index is 12.9. The maximum absolute atomic E-state index is 12.9. The molecule has 0 N–H and O–H groups in total. The third kappa shape index (κ3) is 2.97. The summed E-state index contributed by atoms with van der Waals surface area (Å²) in [6.07, 6.45) is -3.94. The Morgan fingerprint density at radius 3 is 2.74 bits per heavy atom. The summed E-state index contributed by atoms with van der Waals surface area (Å²) >= 11 is 1.26. The van der Waals surface area contributed by atoms with Crippen LogP contribution in [0.4, 0.5) is 18.9 Å². The van der Waals surface area contributed by atoms with Crippen molar-refractivity contribution in [3.8, 4) is 0 Å². The van der Waals surface area contributed by atoms with E-state index in [0.29, 0.717) is 12.1 Å². The fraction of sp³-hybridized carbons (Fsp3) is 0.263. The number of amides is 1. The number of benzene rings is 2. The molecule has 1 fully saturated rings. The van der Waals surface area contributed by atoms with Gasteiger partial charge in [-0.15, -0.1) is 0 Å². The average molecular weight is 393 g/mol. The third-order valence-corrected chi connectivity index (χ3v) is 6.07. The number of alkyl halides is 3. The number of halogens is 3. The normalized spacial score (nSPS) is 21.1. The molecular weight excluding hydrogens is 379 g/mol. The lowest BCUT2D eigenvalue weighted by atomic mass is 10.1. The van der Waals surface area contributed by atoms with Crippen LogP contribution in [0.25, 0.3) is 0 Å². The van der Waals surface area contributed by atoms with E-state index < -0.39 is 22.6 Å². The minimum Gasteiger partial charge on any atom is -0.458 e. The van der Waals surface area contributed by atoms with Gasteiger partial charge in [-0.3, -0.25) is 9.69 Å². The standard InChI is InChI=1S/C19H14F3NO3S/c20-19(21,22)13-5-3-4-12(10-13)11-26-17(25)18-9-8-16(24)23(18)14-6-1-2-7-15(14)27-18/h1-7,10H,8-9,11H2. The zero-order chi connectivity index (χ0) is 19.2. The Kier molecular flexibility index (Phi) is 4.18. The van der Waals surface area contributed by atoms with Gasteiger partial charge in [-0.1, -0.05) is 36.0 Å². The number of esters is 1. The van der Waals surface area contributed by atoms with E-state index in [1.807, 2.05) is 12.1 Å². The minimum atomic E-state index is -4.46. The lowest BCUT2D eigenvalue weighted by Gasteiger charge is -2.28. The number of fused-ring (bicyclic) bond motifs is 3. The summed E-state index contributed by atoms with van der Waals surface area (Å²) < 4.78 is 43.8. The Morgan fingerprint density at radius 1 is 1.19 bits per heavy atom. The van der Waals surface area contributed by atoms with Crippen molar-refractivity contribution in [1.29, 1.82) is 0 Å². The molecule has 2 aliphatic rings. The summed E-state index contributed by atoms with van der Waals surface area (Å²) in [4.78, 5) is 26.3. The molecule has 0 aromatic heterocycles. The van der Waals surface area contributed by atoms with Gasteiger partial charge >= 0.3 is 12.1 Å². The molecule has 2 aliphatic heterocycles. The minimum absolute atomic E-state index is 0.163. The molecule has 2 heterocycles. The van der Waals surface area contributed by atoms with Crippen LogP contribution in [0.2, 0.25) is 0 Å². The molecule has 0 radical (unpaired) electrons. The molecule has 0 aliphatic carbocycles. The maximum Gasteiger partial charge on any atom is 0.416 e. The van der Waals surface area contributed by atoms with Crippen molar-refractivity contribution in [2.75, 3.05) is 4.90 Å². The van der Waals surface area contributed by atoms with Crippen LogP contribution in [0.5, 0.6) is 0 Å². The average Bonchev–Trinajstić information content (AvgIpc) is 3.15. The smallest absolute Gasteiger partial charge is 0.416 e. The van der Waals surface area contributed by atoms with E-state index in [0.717, 1.165) is 17.0 Å². The van der Waals surface area contributed by atoms with Crippen LogP contribution >= 0.6 is 11.8 Å². The first-order valence-electron chi connectivity index (χ1n) is 8.26. The fourth-order valence-electron chi connectivity index (χ4n) is 3.37. The molecule has 4 nitrogen and oxygen atoms in total. The quantitative estimate of drug-likeness (QED) is 0.727. The number of hydrogen-bond donors (Lipinski definition) is 0. The molecule has 27 heavy (non-hydrogen) atoms. The third-order valence-electron chi connectivity index (χ3n) is 4.62. The summed E-state index contributed by atoms with van der Waals surface area (Å²) in [5, 5.41) is 0. The van der Waals surface area contributed by atoms with Crippen molar-refractivity contribution in [1.82, 2.24) is 0 Å². The number of rotatable bonds is 3. The van der Waals surface area contributed by atoms with Gasteiger partial charge in [0, 0.05) is 17.7 Å². The van der Waals surface area contributed by atoms with E-state index in [-0.39, 0.29) is 24.5 Å². The van der Waals surface area contributed by atoms with E-state index >= 15 is 0 Å². The highest BCUT2D eigenvalue weighted by Gasteiger charge is 2.58. The number of hydrogen-bond acceptors (Lipinski definition) is 4. The lowest BCUT2D eigenvalue weighted by molar-refractivity contribution is -0.148. The molecule has 1 amide bonds. The molecule has 1 atom stereocenters. The number of anilines is 1. The Morgan fingerprint density at radius 2 is 1.96 bits per heavy atom. The van der Waals surface area contributed by atoms with Crippen molar-refractivity contribution in [3.05, 3.63) is 59.7 Å². The molecule has 2 aromatic rings. The zero-order valence-electron chi connectivity index (χ0n) is 14.0. The second-order valence-electron chi connectivity index (χ2n) is 6.36. The molecular formula is C19H14F3NO3S. The molecule has 1 unspecified atom stereocenters. The van der Waals surface area contributed by atoms with Crippen molar-refractivity contribution < 1.29 is 27.5 Å². The van der Waals surface area contributed by atoms with Crippen molar-refractivity contribution in [2.45, 2.75) is 35.4 Å². The van der Waals surface area contributed by atoms with Gasteiger partial charge in [0.05, 0.1) is 11.3 Å². The van der Waals surface area contributed by atoms with Crippen molar-refractivity contribution >= 4 is 29.3 Å². The van der Waals surface area contributed by atoms with Gasteiger partial charge in [0.1, 0.15) is 6.61 Å². The van der Waals surface area contributed by atoms with Gasteiger partial charge in [0.15, 0.2) is 4.87 Å². The summed E-state index contributed by atoms with van der Waals surface area (Å²) in [6.45, 7) is -0.288. The molecule has 8 heteroatoms. The first-order chi connectivity index (χ1) is 12.8. The molecule has 4 rings (SSSR count). The SMILES string of the molecule is O=C1CCC2(C(=O)OCc3cccc(C(F)(F)F)c3)Sc3ccccc3N12. The summed E-state index contributed by atoms with van der Waals surface area (Å²) in [7, 11) is 0. The van der Waals surface area contributed by atoms with Gasteiger partial charge in [0.2, 0.25) is 5.91 Å². The highest BCUT2D eigenvalue weighted by molar-refractivity contribution is 8.02. The number of para-hydroxylation sites is 1. The zero-order valence-corrected chi connectivity index (χ0v) is 14.8. The van der Waals surface area contributed by atoms with E-state index in [9.17, 15) is 22.8 Å². The molecule has 0 bridgehead atoms. The van der Waals surface area contributed by atoms with E-state index in [1.54, 1.807) is 12.1 Å². The molecule has 1 saturated heterocycles. The largest absolute Gasteiger partial charge is 0.458 e. The Labute approximate surface area is 157 Å². The number of ether oxygens (including phenoxy) is 1. The van der Waals surface area contributed by atoms with Crippen LogP contribution in [-0.4, -0.2) is 16.7 Å². The van der Waals surface area contributed by atoms with Crippen molar-refractivity contribution in [2.24, 2.45) is 0 Å². The van der Waals surface area contributed by atoms with E-state index in [1.165, 1.54) is 28.8 Å². The summed E-state index contributed by atoms with van der Waals surface area (Å²) in [6, 6.07) is 11.9. The van der Waals surface area contributed by atoms with Crippen LogP contribution in [0, 0.1) is 0 Å². The molecule has 0 spiro atoms. The van der Waals surface area contributed by atoms with Crippen LogP contribution in [-0.2, 0) is 27.1 Å². The van der Waals surface area contributed by atoms with Crippen LogP contribution in [0.1, 0.15) is 24.0 Å². The first-order valence-corrected chi connectivity index (χ1v) is 9.07. The van der Waals surface area contributed by atoms with E-state index in [4.69, 9.17) is 4.74 Å². The highest BCUT2D eigenvalue weighted by Crippen LogP contribution is 2.56. The molecule has 140 valence electrons. The number of carbonyl (C=O) groups excluding carboxylic acids is 2. The van der Waals surface area contributed by atoms with Gasteiger partial charge in [0.25, 0.3) is 0 Å². The van der Waals surface area contributed by atoms with Gasteiger partial charge in [-0.2, -0.15) is 13.2 Å². The monoisotopic (exact) mass is 393 g/mol. The lowest BCUT2D eigenvalue weighted by Crippen LogP contribution is -2.47. The number of nitrogens with zero attached hydrogens (tertiary/aromatic N) is 1. The summed E-state index contributed by atoms with van der Waals surface area (Å²) in [5.74, 6) is -0.782. The van der Waals surface area contributed by atoms with Crippen LogP contribution in [0.15, 0.2) is 53.4 Å². The molecule has 0 saturated carbocycles. The fourth-order valence-corrected chi connectivity index (χ4v) is 4.78. The second-order valence-corrected chi connectivity index (χ2v) is 7.68. The number of thioether (sulfide) groups is 1. The number of carbonyl (C=O) groups is 2. The second kappa shape index (κ2) is 6.30. The Balaban J connectivity index is 1.55. The topological polar surface area (TPSA) is 46.6 Å². The van der Waals surface area contributed by atoms with Gasteiger partial charge in [-0.25, -0.2) is 4.79 Å².